The highest BCUT2D eigenvalue weighted by Crippen LogP contribution is 2.25. The molecule has 0 aromatic heterocycles. The van der Waals surface area contributed by atoms with Gasteiger partial charge in [-0.3, -0.25) is 0 Å². The van der Waals surface area contributed by atoms with Crippen LogP contribution in [0.5, 0.6) is 11.5 Å². The van der Waals surface area contributed by atoms with E-state index in [4.69, 9.17) is 0 Å². The van der Waals surface area contributed by atoms with Crippen LogP contribution in [0.15, 0.2) is 36.4 Å². The van der Waals surface area contributed by atoms with E-state index >= 15 is 0 Å². The molecule has 0 heterocycles. The van der Waals surface area contributed by atoms with Gasteiger partial charge in [-0.05, 0) is 61.3 Å². The van der Waals surface area contributed by atoms with Crippen molar-refractivity contribution < 1.29 is 37.3 Å². The predicted molar refractivity (Wildman–Crippen MR) is 162 cm³/mol. The lowest BCUT2D eigenvalue weighted by molar-refractivity contribution is 0.173. The van der Waals surface area contributed by atoms with E-state index in [1.807, 2.05) is 0 Å². The van der Waals surface area contributed by atoms with Crippen molar-refractivity contribution in [2.24, 2.45) is 0 Å². The van der Waals surface area contributed by atoms with Gasteiger partial charge in [-0.2, -0.15) is 0 Å². The number of aliphatic hydroxyl groups excluding tert-OH is 2. The molecule has 14 heteroatoms. The van der Waals surface area contributed by atoms with E-state index in [0.29, 0.717) is 37.3 Å². The molecule has 6 N–H and O–H groups in total. The van der Waals surface area contributed by atoms with E-state index < -0.39 is 31.9 Å². The summed E-state index contributed by atoms with van der Waals surface area (Å²) in [6, 6.07) is 8.98. The van der Waals surface area contributed by atoms with Gasteiger partial charge in [0.2, 0.25) is 0 Å². The minimum Gasteiger partial charge on any atom is -0.508 e. The number of sulfone groups is 2. The van der Waals surface area contributed by atoms with Gasteiger partial charge in [-0.25, -0.2) is 16.8 Å². The summed E-state index contributed by atoms with van der Waals surface area (Å²) in [6.45, 7) is 2.06. The third kappa shape index (κ3) is 14.8. The normalized spacial score (nSPS) is 13.2. The van der Waals surface area contributed by atoms with Crippen LogP contribution >= 0.6 is 24.8 Å². The van der Waals surface area contributed by atoms with Crippen LogP contribution in [-0.4, -0.2) is 76.0 Å². The molecule has 10 nitrogen and oxygen atoms in total. The molecule has 0 amide bonds. The van der Waals surface area contributed by atoms with Crippen LogP contribution in [0.1, 0.15) is 60.1 Å². The minimum absolute atomic E-state index is 0. The van der Waals surface area contributed by atoms with Crippen LogP contribution in [0, 0.1) is 0 Å². The average Bonchev–Trinajstić information content (AvgIpc) is 2.81. The van der Waals surface area contributed by atoms with Crippen molar-refractivity contribution in [1.82, 2.24) is 10.6 Å². The van der Waals surface area contributed by atoms with Gasteiger partial charge in [0.05, 0.1) is 23.7 Å². The zero-order chi connectivity index (χ0) is 28.3. The van der Waals surface area contributed by atoms with E-state index in [1.165, 1.54) is 24.3 Å². The molecule has 0 fully saturated rings. The number of halogens is 2. The third-order valence-corrected chi connectivity index (χ3v) is 7.62. The molecule has 2 atom stereocenters. The summed E-state index contributed by atoms with van der Waals surface area (Å²) in [5.74, 6) is -0.794. The Morgan fingerprint density at radius 1 is 0.650 bits per heavy atom. The summed E-state index contributed by atoms with van der Waals surface area (Å²) in [5.41, 5.74) is 1.62. The Kier molecular flexibility index (Phi) is 17.3. The molecule has 0 aliphatic carbocycles. The summed E-state index contributed by atoms with van der Waals surface area (Å²) in [7, 11) is -6.61. The first-order valence-electron chi connectivity index (χ1n) is 12.5. The first-order chi connectivity index (χ1) is 17.7. The van der Waals surface area contributed by atoms with Crippen LogP contribution in [0.2, 0.25) is 0 Å². The Morgan fingerprint density at radius 2 is 1.00 bits per heavy atom. The Hall–Kier alpha value is -1.64. The fourth-order valence-corrected chi connectivity index (χ4v) is 5.58. The third-order valence-electron chi connectivity index (χ3n) is 5.94. The SMILES string of the molecule is CS(=O)(=O)Cc1cc(C(O)CNCCCCCCNCC(O)c2ccc(O)c(CS(C)(=O)=O)c2)ccc1O.Cl.Cl. The van der Waals surface area contributed by atoms with Crippen LogP contribution in [0.3, 0.4) is 0 Å². The summed E-state index contributed by atoms with van der Waals surface area (Å²) in [6.07, 6.45) is 4.35. The predicted octanol–water partition coefficient (Wildman–Crippen LogP) is 2.54. The lowest BCUT2D eigenvalue weighted by Crippen LogP contribution is -2.23. The van der Waals surface area contributed by atoms with Crippen LogP contribution in [0.25, 0.3) is 0 Å². The highest BCUT2D eigenvalue weighted by Gasteiger charge is 2.15. The van der Waals surface area contributed by atoms with E-state index in [2.05, 4.69) is 10.6 Å². The van der Waals surface area contributed by atoms with Crippen molar-refractivity contribution in [3.05, 3.63) is 58.7 Å². The van der Waals surface area contributed by atoms with Crippen molar-refractivity contribution in [1.29, 1.82) is 0 Å². The van der Waals surface area contributed by atoms with Gasteiger partial charge in [-0.1, -0.05) is 25.0 Å². The van der Waals surface area contributed by atoms with Gasteiger partial charge in [0.25, 0.3) is 0 Å². The lowest BCUT2D eigenvalue weighted by Gasteiger charge is -2.15. The van der Waals surface area contributed by atoms with Crippen molar-refractivity contribution in [2.45, 2.75) is 49.4 Å². The van der Waals surface area contributed by atoms with E-state index in [1.54, 1.807) is 12.1 Å². The zero-order valence-corrected chi connectivity index (χ0v) is 26.0. The van der Waals surface area contributed by atoms with Gasteiger partial charge in [0.15, 0.2) is 19.7 Å². The Balaban J connectivity index is 0.00000760. The smallest absolute Gasteiger partial charge is 0.151 e. The molecule has 2 rings (SSSR count). The molecule has 0 saturated heterocycles. The standard InChI is InChI=1S/C26H40N2O8S2.2ClH/c1-37(33,34)17-21-13-19(7-9-23(21)29)25(31)15-27-11-5-3-4-6-12-28-16-26(32)20-8-10-24(30)22(14-20)18-38(2,35)36;;/h7-10,13-14,25-32H,3-6,11-12,15-18H2,1-2H3;2*1H. The number of benzene rings is 2. The highest BCUT2D eigenvalue weighted by molar-refractivity contribution is 7.90. The second-order valence-corrected chi connectivity index (χ2v) is 14.1. The second-order valence-electron chi connectivity index (χ2n) is 9.77. The molecular weight excluding hydrogens is 603 g/mol. The van der Waals surface area contributed by atoms with Crippen molar-refractivity contribution in [2.75, 3.05) is 38.7 Å². The number of phenols is 2. The zero-order valence-electron chi connectivity index (χ0n) is 22.7. The van der Waals surface area contributed by atoms with E-state index in [9.17, 15) is 37.3 Å². The number of phenolic OH excluding ortho intramolecular Hbond substituents is 2. The maximum Gasteiger partial charge on any atom is 0.151 e. The number of aliphatic hydroxyl groups is 2. The summed E-state index contributed by atoms with van der Waals surface area (Å²) >= 11 is 0. The van der Waals surface area contributed by atoms with Crippen LogP contribution in [0.4, 0.5) is 0 Å². The van der Waals surface area contributed by atoms with Gasteiger partial charge < -0.3 is 31.1 Å². The topological polar surface area (TPSA) is 173 Å². The number of nitrogens with one attached hydrogen (secondary N) is 2. The molecule has 0 spiro atoms. The fourth-order valence-electron chi connectivity index (χ4n) is 3.99. The Bertz CT molecular complexity index is 1160. The molecule has 0 saturated carbocycles. The van der Waals surface area contributed by atoms with E-state index in [-0.39, 0.29) is 58.9 Å². The lowest BCUT2D eigenvalue weighted by atomic mass is 10.1. The number of unbranched alkanes of at least 4 members (excludes halogenated alkanes) is 3. The fraction of sp³-hybridized carbons (Fsp3) is 0.538. The molecule has 2 unspecified atom stereocenters. The second kappa shape index (κ2) is 18.0. The molecular formula is C26H42Cl2N2O8S2. The van der Waals surface area contributed by atoms with Crippen molar-refractivity contribution in [3.63, 3.8) is 0 Å². The number of aromatic hydroxyl groups is 2. The van der Waals surface area contributed by atoms with Crippen LogP contribution in [-0.2, 0) is 31.2 Å². The number of hydrogen-bond donors (Lipinski definition) is 6. The molecule has 0 aliphatic heterocycles. The minimum atomic E-state index is -3.30. The quantitative estimate of drug-likeness (QED) is 0.140. The molecule has 0 bridgehead atoms. The molecule has 40 heavy (non-hydrogen) atoms. The number of rotatable bonds is 17. The van der Waals surface area contributed by atoms with Gasteiger partial charge in [0, 0.05) is 36.7 Å². The molecule has 0 radical (unpaired) electrons. The van der Waals surface area contributed by atoms with Gasteiger partial charge in [-0.15, -0.1) is 24.8 Å². The molecule has 2 aromatic carbocycles. The van der Waals surface area contributed by atoms with Gasteiger partial charge >= 0.3 is 0 Å². The Labute approximate surface area is 249 Å². The summed E-state index contributed by atoms with van der Waals surface area (Å²) in [4.78, 5) is 0. The first kappa shape index (κ1) is 38.4. The maximum atomic E-state index is 11.5. The molecule has 0 aliphatic rings. The summed E-state index contributed by atoms with van der Waals surface area (Å²) in [5, 5.41) is 46.8. The van der Waals surface area contributed by atoms with Crippen molar-refractivity contribution >= 4 is 44.5 Å². The van der Waals surface area contributed by atoms with Crippen LogP contribution < -0.4 is 10.6 Å². The highest BCUT2D eigenvalue weighted by atomic mass is 35.5. The van der Waals surface area contributed by atoms with E-state index in [0.717, 1.165) is 38.2 Å². The first-order valence-corrected chi connectivity index (χ1v) is 16.6. The monoisotopic (exact) mass is 644 g/mol. The largest absolute Gasteiger partial charge is 0.508 e. The molecule has 2 aromatic rings. The molecule has 230 valence electrons. The Morgan fingerprint density at radius 3 is 1.32 bits per heavy atom. The van der Waals surface area contributed by atoms with Gasteiger partial charge in [0.1, 0.15) is 11.5 Å². The summed E-state index contributed by atoms with van der Waals surface area (Å²) < 4.78 is 46.0. The van der Waals surface area contributed by atoms with Crippen molar-refractivity contribution in [3.8, 4) is 11.5 Å². The number of hydrogen-bond acceptors (Lipinski definition) is 10. The maximum absolute atomic E-state index is 11.5. The average molecular weight is 646 g/mol.